The Morgan fingerprint density at radius 3 is 2.83 bits per heavy atom. The zero-order valence-electron chi connectivity index (χ0n) is 19.8. The van der Waals surface area contributed by atoms with Gasteiger partial charge in [-0.2, -0.15) is 0 Å². The van der Waals surface area contributed by atoms with Gasteiger partial charge in [0.1, 0.15) is 22.5 Å². The van der Waals surface area contributed by atoms with Crippen LogP contribution in [0.4, 0.5) is 5.13 Å². The van der Waals surface area contributed by atoms with Crippen LogP contribution in [-0.4, -0.2) is 45.4 Å². The number of hydrogen-bond acceptors (Lipinski definition) is 9. The van der Waals surface area contributed by atoms with Crippen LogP contribution in [0.25, 0.3) is 5.76 Å². The van der Waals surface area contributed by atoms with Crippen LogP contribution in [0.15, 0.2) is 48.3 Å². The zero-order chi connectivity index (χ0) is 25.6. The van der Waals surface area contributed by atoms with Crippen LogP contribution in [0.3, 0.4) is 0 Å². The molecule has 1 aromatic carbocycles. The van der Waals surface area contributed by atoms with Gasteiger partial charge in [-0.15, -0.1) is 0 Å². The van der Waals surface area contributed by atoms with Crippen LogP contribution in [0.2, 0.25) is 0 Å². The van der Waals surface area contributed by atoms with Crippen LogP contribution in [0.1, 0.15) is 51.9 Å². The summed E-state index contributed by atoms with van der Waals surface area (Å²) >= 11 is 0.961. The van der Waals surface area contributed by atoms with E-state index in [2.05, 4.69) is 9.97 Å². The second-order valence-corrected chi connectivity index (χ2v) is 9.52. The van der Waals surface area contributed by atoms with E-state index in [-0.39, 0.29) is 34.1 Å². The number of thiazole rings is 1. The third kappa shape index (κ3) is 3.93. The van der Waals surface area contributed by atoms with Gasteiger partial charge in [0.15, 0.2) is 5.13 Å². The highest BCUT2D eigenvalue weighted by Crippen LogP contribution is 2.44. The molecule has 1 fully saturated rings. The summed E-state index contributed by atoms with van der Waals surface area (Å²) in [5.74, 6) is -1.83. The molecule has 1 N–H and O–H groups in total. The van der Waals surface area contributed by atoms with E-state index in [1.807, 2.05) is 6.92 Å². The minimum absolute atomic E-state index is 0.0140. The average molecular weight is 506 g/mol. The molecule has 0 saturated carbocycles. The molecule has 4 heterocycles. The van der Waals surface area contributed by atoms with Crippen molar-refractivity contribution in [1.82, 2.24) is 9.97 Å². The molecule has 2 aromatic heterocycles. The fourth-order valence-corrected chi connectivity index (χ4v) is 5.47. The fourth-order valence-electron chi connectivity index (χ4n) is 4.48. The molecule has 0 bridgehead atoms. The monoisotopic (exact) mass is 505 g/mol. The number of Topliss-reactive ketones (excluding diaryl/α,β-unsaturated/α-hetero) is 1. The highest BCUT2D eigenvalue weighted by Gasteiger charge is 2.48. The van der Waals surface area contributed by atoms with Crippen molar-refractivity contribution in [1.29, 1.82) is 0 Å². The van der Waals surface area contributed by atoms with Gasteiger partial charge in [0, 0.05) is 24.4 Å². The molecule has 5 rings (SSSR count). The quantitative estimate of drug-likeness (QED) is 0.239. The third-order valence-electron chi connectivity index (χ3n) is 6.07. The summed E-state index contributed by atoms with van der Waals surface area (Å²) in [5, 5.41) is 11.5. The van der Waals surface area contributed by atoms with Crippen molar-refractivity contribution in [3.8, 4) is 5.75 Å². The minimum atomic E-state index is -0.984. The summed E-state index contributed by atoms with van der Waals surface area (Å²) < 4.78 is 10.8. The average Bonchev–Trinajstić information content (AvgIpc) is 3.51. The standard InChI is InChI=1S/C26H23N3O6S/c1-4-34-25(33)23-14(3)28-26(36-23)29-20(16-6-5-9-27-12-16)19(22(31)24(29)32)21(30)15-7-8-18-17(11-15)10-13(2)35-18/h5-9,11-13,20,30H,4,10H2,1-3H3/t13-,20-/m0/s1. The molecule has 2 aliphatic rings. The van der Waals surface area contributed by atoms with Crippen molar-refractivity contribution in [2.75, 3.05) is 11.5 Å². The lowest BCUT2D eigenvalue weighted by molar-refractivity contribution is -0.132. The summed E-state index contributed by atoms with van der Waals surface area (Å²) in [5.41, 5.74) is 2.13. The molecule has 9 nitrogen and oxygen atoms in total. The number of nitrogens with zero attached hydrogens (tertiary/aromatic N) is 3. The predicted octanol–water partition coefficient (Wildman–Crippen LogP) is 3.97. The molecule has 0 radical (unpaired) electrons. The van der Waals surface area contributed by atoms with E-state index in [0.29, 0.717) is 23.2 Å². The Morgan fingerprint density at radius 1 is 1.31 bits per heavy atom. The lowest BCUT2D eigenvalue weighted by Crippen LogP contribution is -2.29. The minimum Gasteiger partial charge on any atom is -0.507 e. The number of hydrogen-bond donors (Lipinski definition) is 1. The first-order valence-corrected chi connectivity index (χ1v) is 12.3. The highest BCUT2D eigenvalue weighted by atomic mass is 32.1. The highest BCUT2D eigenvalue weighted by molar-refractivity contribution is 7.17. The second kappa shape index (κ2) is 9.19. The fraction of sp³-hybridized carbons (Fsp3) is 0.269. The summed E-state index contributed by atoms with van der Waals surface area (Å²) in [6.07, 6.45) is 3.79. The smallest absolute Gasteiger partial charge is 0.350 e. The van der Waals surface area contributed by atoms with Gasteiger partial charge in [-0.25, -0.2) is 9.78 Å². The molecule has 0 spiro atoms. The van der Waals surface area contributed by atoms with Crippen molar-refractivity contribution >= 4 is 39.9 Å². The molecule has 36 heavy (non-hydrogen) atoms. The number of amides is 1. The number of ketones is 1. The van der Waals surface area contributed by atoms with E-state index >= 15 is 0 Å². The number of esters is 1. The lowest BCUT2D eigenvalue weighted by atomic mass is 9.95. The number of aromatic nitrogens is 2. The van der Waals surface area contributed by atoms with E-state index in [1.54, 1.807) is 50.4 Å². The maximum atomic E-state index is 13.3. The maximum absolute atomic E-state index is 13.3. The summed E-state index contributed by atoms with van der Waals surface area (Å²) in [4.78, 5) is 49.0. The zero-order valence-corrected chi connectivity index (χ0v) is 20.7. The molecule has 1 amide bonds. The topological polar surface area (TPSA) is 119 Å². The molecule has 3 aromatic rings. The number of carbonyl (C=O) groups excluding carboxylic acids is 3. The van der Waals surface area contributed by atoms with Gasteiger partial charge in [-0.05, 0) is 56.2 Å². The molecule has 1 saturated heterocycles. The Balaban J connectivity index is 1.65. The Kier molecular flexibility index (Phi) is 6.05. The predicted molar refractivity (Wildman–Crippen MR) is 132 cm³/mol. The normalized spacial score (nSPS) is 20.4. The van der Waals surface area contributed by atoms with Gasteiger partial charge >= 0.3 is 11.9 Å². The van der Waals surface area contributed by atoms with E-state index < -0.39 is 23.7 Å². The second-order valence-electron chi connectivity index (χ2n) is 8.54. The Labute approximate surface area is 211 Å². The number of aliphatic hydroxyl groups excluding tert-OH is 1. The van der Waals surface area contributed by atoms with Crippen molar-refractivity contribution in [3.05, 3.63) is 75.6 Å². The molecular formula is C26H23N3O6S. The van der Waals surface area contributed by atoms with Crippen LogP contribution >= 0.6 is 11.3 Å². The number of aliphatic hydroxyl groups is 1. The van der Waals surface area contributed by atoms with Gasteiger partial charge in [0.25, 0.3) is 5.78 Å². The van der Waals surface area contributed by atoms with Crippen LogP contribution in [-0.2, 0) is 20.7 Å². The van der Waals surface area contributed by atoms with Gasteiger partial charge in [-0.3, -0.25) is 19.5 Å². The van der Waals surface area contributed by atoms with Gasteiger partial charge in [0.05, 0.1) is 23.9 Å². The number of carbonyl (C=O) groups is 3. The largest absolute Gasteiger partial charge is 0.507 e. The number of rotatable bonds is 5. The number of aryl methyl sites for hydroxylation is 1. The summed E-state index contributed by atoms with van der Waals surface area (Å²) in [7, 11) is 0. The molecule has 2 aliphatic heterocycles. The SMILES string of the molecule is CCOC(=O)c1sc(N2C(=O)C(=O)C(=C(O)c3ccc4c(c3)C[C@H](C)O4)[C@@H]2c2cccnc2)nc1C. The van der Waals surface area contributed by atoms with Crippen molar-refractivity contribution in [3.63, 3.8) is 0 Å². The first-order valence-electron chi connectivity index (χ1n) is 11.5. The van der Waals surface area contributed by atoms with Crippen LogP contribution in [0.5, 0.6) is 5.75 Å². The first kappa shape index (κ1) is 23.7. The van der Waals surface area contributed by atoms with Gasteiger partial charge in [0.2, 0.25) is 0 Å². The van der Waals surface area contributed by atoms with E-state index in [1.165, 1.54) is 11.1 Å². The Bertz CT molecular complexity index is 1410. The molecule has 0 unspecified atom stereocenters. The maximum Gasteiger partial charge on any atom is 0.350 e. The van der Waals surface area contributed by atoms with E-state index in [0.717, 1.165) is 22.6 Å². The third-order valence-corrected chi connectivity index (χ3v) is 7.20. The molecule has 184 valence electrons. The molecule has 10 heteroatoms. The lowest BCUT2D eigenvalue weighted by Gasteiger charge is -2.22. The van der Waals surface area contributed by atoms with Gasteiger partial charge in [-0.1, -0.05) is 17.4 Å². The van der Waals surface area contributed by atoms with Crippen LogP contribution < -0.4 is 9.64 Å². The Morgan fingerprint density at radius 2 is 2.11 bits per heavy atom. The number of fused-ring (bicyclic) bond motifs is 1. The van der Waals surface area contributed by atoms with Gasteiger partial charge < -0.3 is 14.6 Å². The van der Waals surface area contributed by atoms with Crippen molar-refractivity contribution < 1.29 is 29.0 Å². The number of pyridine rings is 1. The number of anilines is 1. The summed E-state index contributed by atoms with van der Waals surface area (Å²) in [6, 6.07) is 7.59. The van der Waals surface area contributed by atoms with Crippen molar-refractivity contribution in [2.45, 2.75) is 39.3 Å². The van der Waals surface area contributed by atoms with Crippen molar-refractivity contribution in [2.24, 2.45) is 0 Å². The molecular weight excluding hydrogens is 482 g/mol. The molecule has 2 atom stereocenters. The summed E-state index contributed by atoms with van der Waals surface area (Å²) in [6.45, 7) is 5.47. The number of benzene rings is 1. The van der Waals surface area contributed by atoms with E-state index in [9.17, 15) is 19.5 Å². The Hall–Kier alpha value is -4.05. The van der Waals surface area contributed by atoms with Crippen LogP contribution in [0, 0.1) is 6.92 Å². The van der Waals surface area contributed by atoms with E-state index in [4.69, 9.17) is 9.47 Å². The molecule has 0 aliphatic carbocycles. The first-order chi connectivity index (χ1) is 17.3. The number of ether oxygens (including phenoxy) is 2.